The van der Waals surface area contributed by atoms with E-state index >= 15 is 0 Å². The Labute approximate surface area is 115 Å². The minimum atomic E-state index is 0.742. The van der Waals surface area contributed by atoms with Crippen molar-refractivity contribution in [2.24, 2.45) is 0 Å². The summed E-state index contributed by atoms with van der Waals surface area (Å²) in [5.74, 6) is 0. The number of unbranched alkanes of at least 4 members (excludes halogenated alkanes) is 4. The van der Waals surface area contributed by atoms with Gasteiger partial charge in [0.15, 0.2) is 0 Å². The molecule has 1 N–H and O–H groups in total. The Morgan fingerprint density at radius 1 is 1.17 bits per heavy atom. The quantitative estimate of drug-likeness (QED) is 0.629. The van der Waals surface area contributed by atoms with Crippen molar-refractivity contribution in [2.45, 2.75) is 83.7 Å². The Bertz CT molecular complexity index is 188. The summed E-state index contributed by atoms with van der Waals surface area (Å²) in [7, 11) is 2.30. The van der Waals surface area contributed by atoms with Crippen LogP contribution in [0.4, 0.5) is 0 Å². The summed E-state index contributed by atoms with van der Waals surface area (Å²) < 4.78 is 0. The van der Waals surface area contributed by atoms with Crippen molar-refractivity contribution in [3.05, 3.63) is 0 Å². The van der Waals surface area contributed by atoms with E-state index in [0.29, 0.717) is 0 Å². The number of hydrogen-bond acceptors (Lipinski definition) is 2. The second-order valence-electron chi connectivity index (χ2n) is 6.14. The lowest BCUT2D eigenvalue weighted by molar-refractivity contribution is 0.202. The maximum atomic E-state index is 3.65. The Kier molecular flexibility index (Phi) is 8.70. The van der Waals surface area contributed by atoms with Gasteiger partial charge in [-0.15, -0.1) is 0 Å². The highest BCUT2D eigenvalue weighted by atomic mass is 15.1. The van der Waals surface area contributed by atoms with E-state index in [1.165, 1.54) is 70.9 Å². The first kappa shape index (κ1) is 16.0. The zero-order valence-electron chi connectivity index (χ0n) is 12.9. The van der Waals surface area contributed by atoms with Crippen LogP contribution >= 0.6 is 0 Å². The number of nitrogens with zero attached hydrogens (tertiary/aromatic N) is 1. The minimum Gasteiger partial charge on any atom is -0.313 e. The van der Waals surface area contributed by atoms with Crippen LogP contribution in [-0.4, -0.2) is 37.1 Å². The zero-order chi connectivity index (χ0) is 13.2. The molecule has 0 amide bonds. The Morgan fingerprint density at radius 3 is 2.61 bits per heavy atom. The standard InChI is InChI=1S/C16H34N2/c1-4-5-6-7-8-11-15(2)18(3)14-16-12-9-10-13-17-16/h15-17H,4-14H2,1-3H3. The van der Waals surface area contributed by atoms with Crippen molar-refractivity contribution < 1.29 is 0 Å². The molecule has 1 aliphatic rings. The molecule has 1 aliphatic heterocycles. The molecule has 2 nitrogen and oxygen atoms in total. The second kappa shape index (κ2) is 9.80. The zero-order valence-corrected chi connectivity index (χ0v) is 12.9. The van der Waals surface area contributed by atoms with E-state index in [0.717, 1.165) is 12.1 Å². The van der Waals surface area contributed by atoms with Crippen LogP contribution in [0.2, 0.25) is 0 Å². The van der Waals surface area contributed by atoms with E-state index in [2.05, 4.69) is 31.1 Å². The van der Waals surface area contributed by atoms with E-state index < -0.39 is 0 Å². The maximum absolute atomic E-state index is 3.65. The molecule has 0 aromatic carbocycles. The van der Waals surface area contributed by atoms with Crippen LogP contribution in [0.3, 0.4) is 0 Å². The fourth-order valence-corrected chi connectivity index (χ4v) is 2.87. The lowest BCUT2D eigenvalue weighted by Crippen LogP contribution is -2.44. The first-order chi connectivity index (χ1) is 8.74. The van der Waals surface area contributed by atoms with Crippen LogP contribution in [0, 0.1) is 0 Å². The highest BCUT2D eigenvalue weighted by Gasteiger charge is 2.17. The van der Waals surface area contributed by atoms with E-state index in [-0.39, 0.29) is 0 Å². The van der Waals surface area contributed by atoms with Gasteiger partial charge in [0.2, 0.25) is 0 Å². The van der Waals surface area contributed by atoms with Crippen LogP contribution < -0.4 is 5.32 Å². The molecule has 2 heteroatoms. The SMILES string of the molecule is CCCCCCCC(C)N(C)CC1CCCCN1. The highest BCUT2D eigenvalue weighted by molar-refractivity contribution is 4.77. The van der Waals surface area contributed by atoms with Crippen molar-refractivity contribution in [1.29, 1.82) is 0 Å². The smallest absolute Gasteiger partial charge is 0.0195 e. The van der Waals surface area contributed by atoms with E-state index in [4.69, 9.17) is 0 Å². The van der Waals surface area contributed by atoms with Gasteiger partial charge in [0.1, 0.15) is 0 Å². The summed E-state index contributed by atoms with van der Waals surface area (Å²) in [6.07, 6.45) is 12.5. The topological polar surface area (TPSA) is 15.3 Å². The van der Waals surface area contributed by atoms with Crippen molar-refractivity contribution in [3.8, 4) is 0 Å². The lowest BCUT2D eigenvalue weighted by Gasteiger charge is -2.31. The molecule has 0 saturated carbocycles. The summed E-state index contributed by atoms with van der Waals surface area (Å²) in [6.45, 7) is 7.14. The van der Waals surface area contributed by atoms with Crippen molar-refractivity contribution in [2.75, 3.05) is 20.1 Å². The number of piperidine rings is 1. The van der Waals surface area contributed by atoms with Gasteiger partial charge < -0.3 is 10.2 Å². The third kappa shape index (κ3) is 6.75. The maximum Gasteiger partial charge on any atom is 0.0195 e. The predicted octanol–water partition coefficient (Wildman–Crippen LogP) is 3.81. The van der Waals surface area contributed by atoms with E-state index in [1.54, 1.807) is 0 Å². The van der Waals surface area contributed by atoms with Crippen LogP contribution in [-0.2, 0) is 0 Å². The third-order valence-electron chi connectivity index (χ3n) is 4.40. The molecule has 0 aromatic rings. The number of rotatable bonds is 9. The molecular weight excluding hydrogens is 220 g/mol. The van der Waals surface area contributed by atoms with Crippen molar-refractivity contribution in [1.82, 2.24) is 10.2 Å². The van der Waals surface area contributed by atoms with Gasteiger partial charge in [-0.3, -0.25) is 0 Å². The molecule has 1 rings (SSSR count). The number of likely N-dealkylation sites (N-methyl/N-ethyl adjacent to an activating group) is 1. The van der Waals surface area contributed by atoms with Gasteiger partial charge in [-0.2, -0.15) is 0 Å². The molecule has 0 aromatic heterocycles. The van der Waals surface area contributed by atoms with Crippen molar-refractivity contribution in [3.63, 3.8) is 0 Å². The first-order valence-corrected chi connectivity index (χ1v) is 8.17. The van der Waals surface area contributed by atoms with Crippen LogP contribution in [0.1, 0.15) is 71.6 Å². The van der Waals surface area contributed by atoms with E-state index in [1.807, 2.05) is 0 Å². The summed E-state index contributed by atoms with van der Waals surface area (Å²) in [4.78, 5) is 2.56. The highest BCUT2D eigenvalue weighted by Crippen LogP contribution is 2.13. The molecule has 0 radical (unpaired) electrons. The van der Waals surface area contributed by atoms with Gasteiger partial charge in [-0.1, -0.05) is 45.4 Å². The Hall–Kier alpha value is -0.0800. The van der Waals surface area contributed by atoms with Gasteiger partial charge in [-0.05, 0) is 39.8 Å². The average Bonchev–Trinajstić information content (AvgIpc) is 2.39. The van der Waals surface area contributed by atoms with Crippen LogP contribution in [0.5, 0.6) is 0 Å². The molecular formula is C16H34N2. The first-order valence-electron chi connectivity index (χ1n) is 8.17. The minimum absolute atomic E-state index is 0.742. The van der Waals surface area contributed by atoms with Crippen LogP contribution in [0.15, 0.2) is 0 Å². The van der Waals surface area contributed by atoms with Gasteiger partial charge in [0, 0.05) is 18.6 Å². The fourth-order valence-electron chi connectivity index (χ4n) is 2.87. The number of hydrogen-bond donors (Lipinski definition) is 1. The summed E-state index contributed by atoms with van der Waals surface area (Å²) in [5, 5.41) is 3.65. The van der Waals surface area contributed by atoms with Gasteiger partial charge >= 0.3 is 0 Å². The van der Waals surface area contributed by atoms with E-state index in [9.17, 15) is 0 Å². The predicted molar refractivity (Wildman–Crippen MR) is 81.1 cm³/mol. The third-order valence-corrected chi connectivity index (χ3v) is 4.40. The molecule has 18 heavy (non-hydrogen) atoms. The molecule has 2 unspecified atom stereocenters. The average molecular weight is 254 g/mol. The molecule has 108 valence electrons. The molecule has 1 fully saturated rings. The number of nitrogens with one attached hydrogen (secondary N) is 1. The normalized spacial score (nSPS) is 22.3. The Morgan fingerprint density at radius 2 is 1.94 bits per heavy atom. The largest absolute Gasteiger partial charge is 0.313 e. The second-order valence-corrected chi connectivity index (χ2v) is 6.14. The summed E-state index contributed by atoms with van der Waals surface area (Å²) in [5.41, 5.74) is 0. The van der Waals surface area contributed by atoms with Gasteiger partial charge in [-0.25, -0.2) is 0 Å². The molecule has 1 saturated heterocycles. The Balaban J connectivity index is 2.06. The lowest BCUT2D eigenvalue weighted by atomic mass is 10.0. The van der Waals surface area contributed by atoms with Crippen LogP contribution in [0.25, 0.3) is 0 Å². The van der Waals surface area contributed by atoms with Crippen molar-refractivity contribution >= 4 is 0 Å². The summed E-state index contributed by atoms with van der Waals surface area (Å²) in [6, 6.07) is 1.49. The molecule has 0 spiro atoms. The molecule has 0 aliphatic carbocycles. The summed E-state index contributed by atoms with van der Waals surface area (Å²) >= 11 is 0. The van der Waals surface area contributed by atoms with Gasteiger partial charge in [0.05, 0.1) is 0 Å². The molecule has 0 bridgehead atoms. The van der Waals surface area contributed by atoms with Gasteiger partial charge in [0.25, 0.3) is 0 Å². The molecule has 2 atom stereocenters. The fraction of sp³-hybridized carbons (Fsp3) is 1.00. The monoisotopic (exact) mass is 254 g/mol. The molecule has 1 heterocycles.